The van der Waals surface area contributed by atoms with Crippen molar-refractivity contribution in [2.24, 2.45) is 11.3 Å². The van der Waals surface area contributed by atoms with E-state index in [9.17, 15) is 14.7 Å². The van der Waals surface area contributed by atoms with E-state index in [-0.39, 0.29) is 17.9 Å². The van der Waals surface area contributed by atoms with Crippen molar-refractivity contribution in [3.63, 3.8) is 0 Å². The maximum absolute atomic E-state index is 12.6. The van der Waals surface area contributed by atoms with Gasteiger partial charge in [-0.3, -0.25) is 9.59 Å². The topological polar surface area (TPSA) is 66.8 Å². The minimum Gasteiger partial charge on any atom is -0.481 e. The van der Waals surface area contributed by atoms with Crippen molar-refractivity contribution in [3.05, 3.63) is 35.4 Å². The summed E-state index contributed by atoms with van der Waals surface area (Å²) in [4.78, 5) is 25.8. The molecule has 1 spiro atoms. The molecule has 3 saturated heterocycles. The molecule has 29 heavy (non-hydrogen) atoms. The number of likely N-dealkylation sites (tertiary alicyclic amines) is 1. The molecular weight excluding hydrogens is 386 g/mol. The van der Waals surface area contributed by atoms with Crippen molar-refractivity contribution in [1.82, 2.24) is 4.90 Å². The average Bonchev–Trinajstić information content (AvgIpc) is 3.17. The minimum absolute atomic E-state index is 0.194. The molecule has 4 aliphatic rings. The molecule has 1 amide bonds. The molecule has 1 aromatic carbocycles. The van der Waals surface area contributed by atoms with Crippen LogP contribution in [0.15, 0.2) is 24.3 Å². The van der Waals surface area contributed by atoms with Crippen LogP contribution in [0.2, 0.25) is 0 Å². The van der Waals surface area contributed by atoms with E-state index in [2.05, 4.69) is 24.3 Å². The smallest absolute Gasteiger partial charge is 0.307 e. The number of carbonyl (C=O) groups is 2. The van der Waals surface area contributed by atoms with Crippen LogP contribution in [0, 0.1) is 11.3 Å². The molecular formula is C23H29NO4S. The molecule has 0 aromatic heterocycles. The molecule has 1 saturated carbocycles. The summed E-state index contributed by atoms with van der Waals surface area (Å²) in [7, 11) is 0. The molecule has 4 fully saturated rings. The number of hydrogen-bond acceptors (Lipinski definition) is 4. The normalized spacial score (nSPS) is 33.2. The van der Waals surface area contributed by atoms with Crippen LogP contribution >= 0.6 is 11.8 Å². The lowest BCUT2D eigenvalue weighted by Gasteiger charge is -2.34. The first-order valence-electron chi connectivity index (χ1n) is 10.9. The third-order valence-electron chi connectivity index (χ3n) is 7.52. The Hall–Kier alpha value is -1.53. The van der Waals surface area contributed by atoms with Crippen LogP contribution in [-0.4, -0.2) is 53.4 Å². The number of rotatable bonds is 4. The van der Waals surface area contributed by atoms with Gasteiger partial charge in [0.05, 0.1) is 5.92 Å². The van der Waals surface area contributed by atoms with Gasteiger partial charge < -0.3 is 14.7 Å². The summed E-state index contributed by atoms with van der Waals surface area (Å²) in [6.45, 7) is 2.45. The van der Waals surface area contributed by atoms with E-state index in [0.29, 0.717) is 22.3 Å². The van der Waals surface area contributed by atoms with E-state index < -0.39 is 5.97 Å². The summed E-state index contributed by atoms with van der Waals surface area (Å²) in [5.74, 6) is 0.654. The third kappa shape index (κ3) is 3.70. The van der Waals surface area contributed by atoms with Crippen molar-refractivity contribution in [2.45, 2.75) is 55.8 Å². The van der Waals surface area contributed by atoms with Gasteiger partial charge in [-0.1, -0.05) is 24.3 Å². The summed E-state index contributed by atoms with van der Waals surface area (Å²) in [6, 6.07) is 8.93. The zero-order chi connectivity index (χ0) is 20.0. The van der Waals surface area contributed by atoms with Crippen molar-refractivity contribution in [2.75, 3.05) is 25.4 Å². The quantitative estimate of drug-likeness (QED) is 0.809. The highest BCUT2D eigenvalue weighted by Gasteiger charge is 2.55. The Balaban J connectivity index is 1.17. The van der Waals surface area contributed by atoms with Crippen LogP contribution in [0.1, 0.15) is 60.8 Å². The number of nitrogens with zero attached hydrogens (tertiary/aromatic N) is 1. The van der Waals surface area contributed by atoms with Crippen LogP contribution in [0.4, 0.5) is 0 Å². The number of carboxylic acids is 1. The van der Waals surface area contributed by atoms with E-state index >= 15 is 0 Å². The van der Waals surface area contributed by atoms with E-state index in [0.717, 1.165) is 51.8 Å². The predicted molar refractivity (Wildman–Crippen MR) is 112 cm³/mol. The lowest BCUT2D eigenvalue weighted by atomic mass is 9.88. The zero-order valence-corrected chi connectivity index (χ0v) is 17.5. The van der Waals surface area contributed by atoms with Crippen molar-refractivity contribution < 1.29 is 19.4 Å². The molecule has 3 aliphatic heterocycles. The minimum atomic E-state index is -0.666. The highest BCUT2D eigenvalue weighted by atomic mass is 32.2. The lowest BCUT2D eigenvalue weighted by molar-refractivity contribution is -0.142. The molecule has 6 heteroatoms. The molecule has 5 nitrogen and oxygen atoms in total. The van der Waals surface area contributed by atoms with Gasteiger partial charge in [0.2, 0.25) is 0 Å². The second-order valence-electron chi connectivity index (χ2n) is 9.21. The van der Waals surface area contributed by atoms with E-state index in [1.165, 1.54) is 17.5 Å². The molecule has 0 bridgehead atoms. The number of carboxylic acid groups (broad SMARTS) is 1. The first-order chi connectivity index (χ1) is 14.1. The zero-order valence-electron chi connectivity index (χ0n) is 16.7. The van der Waals surface area contributed by atoms with Crippen LogP contribution in [0.25, 0.3) is 0 Å². The molecule has 1 aliphatic carbocycles. The van der Waals surface area contributed by atoms with Gasteiger partial charge >= 0.3 is 5.97 Å². The third-order valence-corrected chi connectivity index (χ3v) is 8.98. The first kappa shape index (κ1) is 19.4. The number of hydrogen-bond donors (Lipinski definition) is 1. The van der Waals surface area contributed by atoms with Gasteiger partial charge in [-0.15, -0.1) is 0 Å². The Kier molecular flexibility index (Phi) is 5.11. The fourth-order valence-corrected chi connectivity index (χ4v) is 6.96. The molecule has 156 valence electrons. The standard InChI is InChI=1S/C23H29NO4S/c25-21(19-2-1-11-28-19)24-9-7-23(8-10-24)13-18(23)15-3-5-16(6-4-15)20-12-17(14-29-20)22(26)27/h3-6,17-20H,1-2,7-14H2,(H,26,27)/t17?,18-,19-,20?/m1/s1. The van der Waals surface area contributed by atoms with Crippen LogP contribution in [0.3, 0.4) is 0 Å². The van der Waals surface area contributed by atoms with Gasteiger partial charge in [0, 0.05) is 30.7 Å². The monoisotopic (exact) mass is 415 g/mol. The fraction of sp³-hybridized carbons (Fsp3) is 0.652. The maximum atomic E-state index is 12.6. The molecule has 4 atom stereocenters. The highest BCUT2D eigenvalue weighted by molar-refractivity contribution is 7.99. The second kappa shape index (κ2) is 7.62. The van der Waals surface area contributed by atoms with E-state index in [1.807, 2.05) is 4.90 Å². The Labute approximate surface area is 176 Å². The molecule has 1 aromatic rings. The van der Waals surface area contributed by atoms with Crippen molar-refractivity contribution >= 4 is 23.6 Å². The molecule has 3 heterocycles. The number of ether oxygens (including phenoxy) is 1. The average molecular weight is 416 g/mol. The number of benzene rings is 1. The number of amides is 1. The van der Waals surface area contributed by atoms with Crippen LogP contribution < -0.4 is 0 Å². The number of piperidine rings is 1. The fourth-order valence-electron chi connectivity index (χ4n) is 5.49. The first-order valence-corrected chi connectivity index (χ1v) is 12.0. The van der Waals surface area contributed by atoms with Gasteiger partial charge in [-0.25, -0.2) is 0 Å². The molecule has 0 radical (unpaired) electrons. The molecule has 1 N–H and O–H groups in total. The number of thioether (sulfide) groups is 1. The molecule has 2 unspecified atom stereocenters. The predicted octanol–water partition coefficient (Wildman–Crippen LogP) is 3.84. The summed E-state index contributed by atoms with van der Waals surface area (Å²) in [5, 5.41) is 9.52. The van der Waals surface area contributed by atoms with Gasteiger partial charge in [0.1, 0.15) is 6.10 Å². The lowest BCUT2D eigenvalue weighted by Crippen LogP contribution is -2.44. The molecule has 5 rings (SSSR count). The Morgan fingerprint density at radius 1 is 1.14 bits per heavy atom. The van der Waals surface area contributed by atoms with Crippen LogP contribution in [-0.2, 0) is 14.3 Å². The van der Waals surface area contributed by atoms with Gasteiger partial charge in [-0.05, 0) is 61.0 Å². The highest BCUT2D eigenvalue weighted by Crippen LogP contribution is 2.65. The van der Waals surface area contributed by atoms with E-state index in [1.54, 1.807) is 11.8 Å². The summed E-state index contributed by atoms with van der Waals surface area (Å²) < 4.78 is 5.57. The largest absolute Gasteiger partial charge is 0.481 e. The Morgan fingerprint density at radius 3 is 2.48 bits per heavy atom. The summed E-state index contributed by atoms with van der Waals surface area (Å²) >= 11 is 1.77. The Bertz CT molecular complexity index is 781. The Morgan fingerprint density at radius 2 is 1.86 bits per heavy atom. The van der Waals surface area contributed by atoms with Gasteiger partial charge in [0.25, 0.3) is 5.91 Å². The number of aliphatic carboxylic acids is 1. The maximum Gasteiger partial charge on any atom is 0.307 e. The van der Waals surface area contributed by atoms with Gasteiger partial charge in [0.15, 0.2) is 0 Å². The van der Waals surface area contributed by atoms with Crippen molar-refractivity contribution in [3.8, 4) is 0 Å². The van der Waals surface area contributed by atoms with Crippen LogP contribution in [0.5, 0.6) is 0 Å². The SMILES string of the molecule is O=C(O)C1CSC(c2ccc([C@H]3CC34CCN(C(=O)[C@H]3CCCO3)CC4)cc2)C1. The summed E-state index contributed by atoms with van der Waals surface area (Å²) in [5.41, 5.74) is 3.05. The number of carbonyl (C=O) groups excluding carboxylic acids is 1. The van der Waals surface area contributed by atoms with Crippen molar-refractivity contribution in [1.29, 1.82) is 0 Å². The summed E-state index contributed by atoms with van der Waals surface area (Å²) in [6.07, 6.45) is 5.84. The van der Waals surface area contributed by atoms with E-state index in [4.69, 9.17) is 4.74 Å². The second-order valence-corrected chi connectivity index (χ2v) is 10.4. The van der Waals surface area contributed by atoms with Gasteiger partial charge in [-0.2, -0.15) is 11.8 Å².